The number of methoxy groups -OCH3 is 1. The molecule has 1 rings (SSSR count). The molecule has 0 aromatic carbocycles. The Morgan fingerprint density at radius 2 is 2.13 bits per heavy atom. The van der Waals surface area contributed by atoms with Crippen LogP contribution in [0.1, 0.15) is 27.7 Å². The van der Waals surface area contributed by atoms with E-state index in [1.54, 1.807) is 7.11 Å². The maximum Gasteiger partial charge on any atom is 0.0974 e. The van der Waals surface area contributed by atoms with Crippen molar-refractivity contribution in [3.8, 4) is 0 Å². The molecule has 0 amide bonds. The van der Waals surface area contributed by atoms with Gasteiger partial charge in [-0.3, -0.25) is 5.43 Å². The van der Waals surface area contributed by atoms with Gasteiger partial charge in [0.2, 0.25) is 0 Å². The first-order valence-electron chi connectivity index (χ1n) is 5.00. The first kappa shape index (κ1) is 14.1. The van der Waals surface area contributed by atoms with Crippen LogP contribution in [0.15, 0.2) is 17.9 Å². The zero-order chi connectivity index (χ0) is 11.9. The van der Waals surface area contributed by atoms with Crippen molar-refractivity contribution in [2.24, 2.45) is 5.10 Å². The Morgan fingerprint density at radius 1 is 1.60 bits per heavy atom. The molecule has 1 unspecified atom stereocenters. The lowest BCUT2D eigenvalue weighted by atomic mass is 10.2. The molecule has 0 spiro atoms. The third-order valence-electron chi connectivity index (χ3n) is 1.86. The average Bonchev–Trinajstić information content (AvgIpc) is 2.16. The van der Waals surface area contributed by atoms with Crippen LogP contribution in [0.3, 0.4) is 0 Å². The number of nitrogens with one attached hydrogen (secondary N) is 1. The number of hydrazone groups is 1. The van der Waals surface area contributed by atoms with Crippen molar-refractivity contribution in [1.29, 1.82) is 0 Å². The minimum absolute atomic E-state index is 0.0417. The molecule has 1 N–H and O–H groups in total. The van der Waals surface area contributed by atoms with Crippen molar-refractivity contribution in [3.05, 3.63) is 12.8 Å². The van der Waals surface area contributed by atoms with Gasteiger partial charge in [-0.2, -0.15) is 5.10 Å². The van der Waals surface area contributed by atoms with Crippen LogP contribution in [0.25, 0.3) is 0 Å². The maximum atomic E-state index is 5.04. The van der Waals surface area contributed by atoms with Crippen LogP contribution < -0.4 is 5.43 Å². The summed E-state index contributed by atoms with van der Waals surface area (Å²) in [4.78, 5) is 0. The molecular weight excluding hydrogens is 192 g/mol. The summed E-state index contributed by atoms with van der Waals surface area (Å²) in [6, 6.07) is 0. The smallest absolute Gasteiger partial charge is 0.0974 e. The molecule has 1 saturated heterocycles. The van der Waals surface area contributed by atoms with Crippen LogP contribution in [-0.4, -0.2) is 31.1 Å². The van der Waals surface area contributed by atoms with E-state index >= 15 is 0 Å². The molecule has 0 aromatic rings. The van der Waals surface area contributed by atoms with Gasteiger partial charge in [-0.05, 0) is 27.7 Å². The summed E-state index contributed by atoms with van der Waals surface area (Å²) < 4.78 is 9.97. The summed E-state index contributed by atoms with van der Waals surface area (Å²) in [6.07, 6.45) is 1.73. The molecule has 4 nitrogen and oxygen atoms in total. The van der Waals surface area contributed by atoms with E-state index in [0.717, 1.165) is 5.71 Å². The molecule has 1 atom stereocenters. The van der Waals surface area contributed by atoms with Gasteiger partial charge in [-0.25, -0.2) is 0 Å². The van der Waals surface area contributed by atoms with Gasteiger partial charge in [0.15, 0.2) is 0 Å². The highest BCUT2D eigenvalue weighted by atomic mass is 16.5. The monoisotopic (exact) mass is 214 g/mol. The zero-order valence-corrected chi connectivity index (χ0v) is 10.3. The number of rotatable bonds is 2. The van der Waals surface area contributed by atoms with E-state index in [1.807, 2.05) is 27.7 Å². The highest BCUT2D eigenvalue weighted by Crippen LogP contribution is 2.05. The Kier molecular flexibility index (Phi) is 6.20. The fourth-order valence-electron chi connectivity index (χ4n) is 0.576. The standard InChI is InChI=1S/C6H10N2O.C5H12O/c1-3-7-8-6-4-9-5(6)2;1-5(2,3)6-4/h3,5,7H,1,4H2,2H3;1-4H3/b8-6+;. The molecule has 0 radical (unpaired) electrons. The van der Waals surface area contributed by atoms with Gasteiger partial charge in [-0.15, -0.1) is 0 Å². The van der Waals surface area contributed by atoms with E-state index in [2.05, 4.69) is 17.1 Å². The van der Waals surface area contributed by atoms with Crippen LogP contribution in [-0.2, 0) is 9.47 Å². The fourth-order valence-corrected chi connectivity index (χ4v) is 0.576. The second-order valence-corrected chi connectivity index (χ2v) is 4.21. The molecule has 1 aliphatic heterocycles. The third kappa shape index (κ3) is 7.11. The van der Waals surface area contributed by atoms with Gasteiger partial charge in [0.1, 0.15) is 0 Å². The predicted octanol–water partition coefficient (Wildman–Crippen LogP) is 1.93. The van der Waals surface area contributed by atoms with E-state index in [4.69, 9.17) is 9.47 Å². The van der Waals surface area contributed by atoms with Crippen molar-refractivity contribution in [2.75, 3.05) is 13.7 Å². The number of ether oxygens (including phenoxy) is 2. The van der Waals surface area contributed by atoms with Crippen LogP contribution in [0.2, 0.25) is 0 Å². The van der Waals surface area contributed by atoms with Crippen molar-refractivity contribution < 1.29 is 9.47 Å². The Balaban J connectivity index is 0.000000288. The minimum Gasteiger partial charge on any atom is -0.379 e. The van der Waals surface area contributed by atoms with Gasteiger partial charge in [-0.1, -0.05) is 6.58 Å². The van der Waals surface area contributed by atoms with Crippen molar-refractivity contribution in [1.82, 2.24) is 5.43 Å². The van der Waals surface area contributed by atoms with Crippen molar-refractivity contribution in [3.63, 3.8) is 0 Å². The molecule has 1 fully saturated rings. The lowest BCUT2D eigenvalue weighted by Crippen LogP contribution is -2.38. The Hall–Kier alpha value is -0.870. The number of hydrogen-bond acceptors (Lipinski definition) is 4. The van der Waals surface area contributed by atoms with Crippen molar-refractivity contribution in [2.45, 2.75) is 39.4 Å². The molecule has 0 bridgehead atoms. The van der Waals surface area contributed by atoms with E-state index in [-0.39, 0.29) is 11.7 Å². The van der Waals surface area contributed by atoms with Gasteiger partial charge in [0.05, 0.1) is 24.0 Å². The minimum atomic E-state index is 0.0417. The summed E-state index contributed by atoms with van der Waals surface area (Å²) in [5, 5.41) is 3.95. The fraction of sp³-hybridized carbons (Fsp3) is 0.727. The summed E-state index contributed by atoms with van der Waals surface area (Å²) in [7, 11) is 1.71. The predicted molar refractivity (Wildman–Crippen MR) is 62.9 cm³/mol. The Bertz CT molecular complexity index is 219. The summed E-state index contributed by atoms with van der Waals surface area (Å²) in [5.41, 5.74) is 3.74. The SMILES string of the molecule is C=CN/N=C1\COC1C.COC(C)(C)C. The highest BCUT2D eigenvalue weighted by molar-refractivity contribution is 5.93. The number of hydrogen-bond donors (Lipinski definition) is 1. The quantitative estimate of drug-likeness (QED) is 0.714. The first-order chi connectivity index (χ1) is 6.90. The van der Waals surface area contributed by atoms with Gasteiger partial charge >= 0.3 is 0 Å². The summed E-state index contributed by atoms with van der Waals surface area (Å²) >= 11 is 0. The topological polar surface area (TPSA) is 42.9 Å². The normalized spacial score (nSPS) is 22.5. The largest absolute Gasteiger partial charge is 0.379 e. The Morgan fingerprint density at radius 3 is 2.33 bits per heavy atom. The van der Waals surface area contributed by atoms with Crippen LogP contribution in [0.5, 0.6) is 0 Å². The molecule has 1 aliphatic rings. The highest BCUT2D eigenvalue weighted by Gasteiger charge is 2.21. The molecule has 88 valence electrons. The van der Waals surface area contributed by atoms with E-state index in [9.17, 15) is 0 Å². The van der Waals surface area contributed by atoms with Crippen LogP contribution in [0.4, 0.5) is 0 Å². The first-order valence-corrected chi connectivity index (χ1v) is 5.00. The third-order valence-corrected chi connectivity index (χ3v) is 1.86. The van der Waals surface area contributed by atoms with Crippen molar-refractivity contribution >= 4 is 5.71 Å². The second kappa shape index (κ2) is 6.58. The molecule has 0 aliphatic carbocycles. The van der Waals surface area contributed by atoms with Crippen LogP contribution >= 0.6 is 0 Å². The van der Waals surface area contributed by atoms with Gasteiger partial charge in [0, 0.05) is 13.3 Å². The van der Waals surface area contributed by atoms with E-state index in [1.165, 1.54) is 6.20 Å². The summed E-state index contributed by atoms with van der Waals surface area (Å²) in [5.74, 6) is 0. The molecule has 0 aromatic heterocycles. The lowest BCUT2D eigenvalue weighted by Gasteiger charge is -2.24. The van der Waals surface area contributed by atoms with Crippen LogP contribution in [0, 0.1) is 0 Å². The van der Waals surface area contributed by atoms with Gasteiger partial charge < -0.3 is 9.47 Å². The molecule has 1 heterocycles. The Labute approximate surface area is 92.3 Å². The van der Waals surface area contributed by atoms with E-state index < -0.39 is 0 Å². The number of nitrogens with zero attached hydrogens (tertiary/aromatic N) is 1. The lowest BCUT2D eigenvalue weighted by molar-refractivity contribution is 0.0397. The zero-order valence-electron chi connectivity index (χ0n) is 10.3. The maximum absolute atomic E-state index is 5.04. The summed E-state index contributed by atoms with van der Waals surface area (Å²) in [6.45, 7) is 12.1. The molecule has 4 heteroatoms. The van der Waals surface area contributed by atoms with E-state index in [0.29, 0.717) is 6.61 Å². The molecule has 15 heavy (non-hydrogen) atoms. The molecular formula is C11H22N2O2. The average molecular weight is 214 g/mol. The van der Waals surface area contributed by atoms with Gasteiger partial charge in [0.25, 0.3) is 0 Å². The molecule has 0 saturated carbocycles. The second-order valence-electron chi connectivity index (χ2n) is 4.21.